The maximum Gasteiger partial charge on any atom is 0.227 e. The monoisotopic (exact) mass is 409 g/mol. The van der Waals surface area contributed by atoms with E-state index in [-0.39, 0.29) is 36.8 Å². The molecule has 1 atom stereocenters. The molecule has 0 saturated carbocycles. The Kier molecular flexibility index (Phi) is 9.64. The normalized spacial score (nSPS) is 14.3. The van der Waals surface area contributed by atoms with Crippen LogP contribution in [0.1, 0.15) is 31.7 Å². The van der Waals surface area contributed by atoms with Gasteiger partial charge in [-0.2, -0.15) is 0 Å². The van der Waals surface area contributed by atoms with Gasteiger partial charge < -0.3 is 15.5 Å². The number of amides is 1. The number of rotatable bonds is 5. The number of para-hydroxylation sites is 2. The lowest BCUT2D eigenvalue weighted by molar-refractivity contribution is -0.118. The number of hydrogen-bond donors (Lipinski definition) is 1. The van der Waals surface area contributed by atoms with Crippen LogP contribution in [0, 0.1) is 0 Å². The molecule has 1 heterocycles. The first kappa shape index (κ1) is 23.3. The summed E-state index contributed by atoms with van der Waals surface area (Å²) in [6, 6.07) is 18.8. The molecule has 148 valence electrons. The van der Waals surface area contributed by atoms with Gasteiger partial charge >= 0.3 is 0 Å². The summed E-state index contributed by atoms with van der Waals surface area (Å²) < 4.78 is 0. The van der Waals surface area contributed by atoms with E-state index in [2.05, 4.69) is 41.3 Å². The van der Waals surface area contributed by atoms with E-state index in [0.29, 0.717) is 6.42 Å². The standard InChI is InChI=1S/C21H27N3O.2ClH/c1-17(22)12-13-21(25)24-15-7-14-23(16-18-8-3-2-4-9-18)19-10-5-6-11-20(19)24;;/h2-6,8-11,17H,7,12-16,22H2,1H3;2*1H. The molecule has 0 aliphatic carbocycles. The fourth-order valence-corrected chi connectivity index (χ4v) is 3.33. The van der Waals surface area contributed by atoms with E-state index < -0.39 is 0 Å². The number of nitrogens with two attached hydrogens (primary N) is 1. The molecule has 2 N–H and O–H groups in total. The van der Waals surface area contributed by atoms with Gasteiger partial charge in [0.25, 0.3) is 0 Å². The summed E-state index contributed by atoms with van der Waals surface area (Å²) in [6.07, 6.45) is 2.20. The quantitative estimate of drug-likeness (QED) is 0.795. The predicted molar refractivity (Wildman–Crippen MR) is 118 cm³/mol. The lowest BCUT2D eigenvalue weighted by atomic mass is 10.1. The Labute approximate surface area is 174 Å². The molecule has 1 unspecified atom stereocenters. The highest BCUT2D eigenvalue weighted by Gasteiger charge is 2.24. The highest BCUT2D eigenvalue weighted by molar-refractivity contribution is 5.97. The average Bonchev–Trinajstić information content (AvgIpc) is 2.81. The molecule has 0 spiro atoms. The summed E-state index contributed by atoms with van der Waals surface area (Å²) in [5.41, 5.74) is 9.27. The minimum Gasteiger partial charge on any atom is -0.365 e. The highest BCUT2D eigenvalue weighted by Crippen LogP contribution is 2.33. The molecule has 6 heteroatoms. The van der Waals surface area contributed by atoms with E-state index in [9.17, 15) is 4.79 Å². The zero-order valence-electron chi connectivity index (χ0n) is 15.7. The van der Waals surface area contributed by atoms with Crippen molar-refractivity contribution in [3.63, 3.8) is 0 Å². The van der Waals surface area contributed by atoms with Gasteiger partial charge in [-0.05, 0) is 37.5 Å². The molecule has 0 aromatic heterocycles. The minimum absolute atomic E-state index is 0. The third-order valence-corrected chi connectivity index (χ3v) is 4.65. The van der Waals surface area contributed by atoms with Gasteiger partial charge in [0.15, 0.2) is 0 Å². The van der Waals surface area contributed by atoms with Gasteiger partial charge in [0.1, 0.15) is 0 Å². The zero-order chi connectivity index (χ0) is 17.6. The molecule has 0 saturated heterocycles. The molecule has 3 rings (SSSR count). The smallest absolute Gasteiger partial charge is 0.227 e. The fourth-order valence-electron chi connectivity index (χ4n) is 3.33. The van der Waals surface area contributed by atoms with Gasteiger partial charge in [-0.15, -0.1) is 24.8 Å². The summed E-state index contributed by atoms with van der Waals surface area (Å²) in [5, 5.41) is 0. The molecule has 2 aromatic carbocycles. The number of carbonyl (C=O) groups is 1. The summed E-state index contributed by atoms with van der Waals surface area (Å²) in [5.74, 6) is 0.173. The lowest BCUT2D eigenvalue weighted by Crippen LogP contribution is -2.32. The van der Waals surface area contributed by atoms with Crippen molar-refractivity contribution >= 4 is 42.1 Å². The van der Waals surface area contributed by atoms with Crippen LogP contribution in [-0.4, -0.2) is 25.0 Å². The van der Waals surface area contributed by atoms with Crippen LogP contribution in [0.2, 0.25) is 0 Å². The van der Waals surface area contributed by atoms with Crippen molar-refractivity contribution in [2.75, 3.05) is 22.9 Å². The van der Waals surface area contributed by atoms with E-state index in [1.165, 1.54) is 5.56 Å². The van der Waals surface area contributed by atoms with Crippen molar-refractivity contribution in [1.29, 1.82) is 0 Å². The molecule has 4 nitrogen and oxygen atoms in total. The summed E-state index contributed by atoms with van der Waals surface area (Å²) in [7, 11) is 0. The molecule has 0 bridgehead atoms. The number of nitrogens with zero attached hydrogens (tertiary/aromatic N) is 2. The molecule has 1 amide bonds. The Bertz CT molecular complexity index is 710. The summed E-state index contributed by atoms with van der Waals surface area (Å²) >= 11 is 0. The van der Waals surface area contributed by atoms with Crippen molar-refractivity contribution in [3.8, 4) is 0 Å². The van der Waals surface area contributed by atoms with E-state index >= 15 is 0 Å². The van der Waals surface area contributed by atoms with Gasteiger partial charge in [-0.1, -0.05) is 42.5 Å². The zero-order valence-corrected chi connectivity index (χ0v) is 17.3. The van der Waals surface area contributed by atoms with Crippen molar-refractivity contribution < 1.29 is 4.79 Å². The van der Waals surface area contributed by atoms with Crippen LogP contribution in [-0.2, 0) is 11.3 Å². The average molecular weight is 410 g/mol. The molecule has 0 fully saturated rings. The Balaban J connectivity index is 0.00000182. The largest absolute Gasteiger partial charge is 0.365 e. The van der Waals surface area contributed by atoms with Crippen LogP contribution in [0.4, 0.5) is 11.4 Å². The summed E-state index contributed by atoms with van der Waals surface area (Å²) in [4.78, 5) is 17.1. The first-order valence-electron chi connectivity index (χ1n) is 9.09. The second kappa shape index (κ2) is 11.2. The maximum atomic E-state index is 12.7. The van der Waals surface area contributed by atoms with Gasteiger partial charge in [0.05, 0.1) is 11.4 Å². The number of fused-ring (bicyclic) bond motifs is 1. The summed E-state index contributed by atoms with van der Waals surface area (Å²) in [6.45, 7) is 4.52. The van der Waals surface area contributed by atoms with E-state index in [4.69, 9.17) is 5.73 Å². The van der Waals surface area contributed by atoms with Crippen LogP contribution in [0.15, 0.2) is 54.6 Å². The van der Waals surface area contributed by atoms with Gasteiger partial charge in [-0.3, -0.25) is 4.79 Å². The molecular formula is C21H29Cl2N3O. The molecular weight excluding hydrogens is 381 g/mol. The highest BCUT2D eigenvalue weighted by atomic mass is 35.5. The van der Waals surface area contributed by atoms with Crippen LogP contribution in [0.25, 0.3) is 0 Å². The fraction of sp³-hybridized carbons (Fsp3) is 0.381. The van der Waals surface area contributed by atoms with Gasteiger partial charge in [0, 0.05) is 32.1 Å². The van der Waals surface area contributed by atoms with E-state index in [1.54, 1.807) is 0 Å². The Morgan fingerprint density at radius 3 is 2.30 bits per heavy atom. The van der Waals surface area contributed by atoms with Gasteiger partial charge in [-0.25, -0.2) is 0 Å². The predicted octanol–water partition coefficient (Wildman–Crippen LogP) is 4.40. The number of hydrogen-bond acceptors (Lipinski definition) is 3. The molecule has 0 radical (unpaired) electrons. The molecule has 2 aromatic rings. The lowest BCUT2D eigenvalue weighted by Gasteiger charge is -2.27. The Morgan fingerprint density at radius 1 is 1.00 bits per heavy atom. The number of anilines is 2. The SMILES string of the molecule is CC(N)CCC(=O)N1CCCN(Cc2ccccc2)c2ccccc21.Cl.Cl. The third-order valence-electron chi connectivity index (χ3n) is 4.65. The van der Waals surface area contributed by atoms with Gasteiger partial charge in [0.2, 0.25) is 5.91 Å². The van der Waals surface area contributed by atoms with E-state index in [0.717, 1.165) is 43.9 Å². The maximum absolute atomic E-state index is 12.7. The Hall–Kier alpha value is -1.75. The van der Waals surface area contributed by atoms with Crippen LogP contribution < -0.4 is 15.5 Å². The van der Waals surface area contributed by atoms with Crippen LogP contribution in [0.5, 0.6) is 0 Å². The topological polar surface area (TPSA) is 49.6 Å². The first-order chi connectivity index (χ1) is 12.1. The molecule has 1 aliphatic heterocycles. The first-order valence-corrected chi connectivity index (χ1v) is 9.09. The minimum atomic E-state index is 0. The van der Waals surface area contributed by atoms with E-state index in [1.807, 2.05) is 30.0 Å². The second-order valence-electron chi connectivity index (χ2n) is 6.81. The van der Waals surface area contributed by atoms with Crippen molar-refractivity contribution in [3.05, 3.63) is 60.2 Å². The second-order valence-corrected chi connectivity index (χ2v) is 6.81. The number of carbonyl (C=O) groups excluding carboxylic acids is 1. The number of halogens is 2. The van der Waals surface area contributed by atoms with Crippen LogP contribution in [0.3, 0.4) is 0 Å². The van der Waals surface area contributed by atoms with Crippen molar-refractivity contribution in [2.24, 2.45) is 5.73 Å². The van der Waals surface area contributed by atoms with Crippen molar-refractivity contribution in [2.45, 2.75) is 38.8 Å². The third kappa shape index (κ3) is 6.13. The Morgan fingerprint density at radius 2 is 1.63 bits per heavy atom. The van der Waals surface area contributed by atoms with Crippen LogP contribution >= 0.6 is 24.8 Å². The number of benzene rings is 2. The molecule has 27 heavy (non-hydrogen) atoms. The van der Waals surface area contributed by atoms with Crippen molar-refractivity contribution in [1.82, 2.24) is 0 Å². The molecule has 1 aliphatic rings.